The fraction of sp³-hybridized carbons (Fsp3) is 0.381. The van der Waals surface area contributed by atoms with Gasteiger partial charge in [-0.25, -0.2) is 4.98 Å². The molecule has 0 saturated carbocycles. The highest BCUT2D eigenvalue weighted by Gasteiger charge is 2.20. The number of hydrogen-bond donors (Lipinski definition) is 0. The van der Waals surface area contributed by atoms with Crippen LogP contribution in [-0.4, -0.2) is 52.2 Å². The van der Waals surface area contributed by atoms with E-state index in [1.165, 1.54) is 0 Å². The smallest absolute Gasteiger partial charge is 0.258 e. The third-order valence-corrected chi connectivity index (χ3v) is 5.46. The van der Waals surface area contributed by atoms with E-state index in [2.05, 4.69) is 38.8 Å². The van der Waals surface area contributed by atoms with E-state index >= 15 is 0 Å². The van der Waals surface area contributed by atoms with Crippen molar-refractivity contribution in [2.45, 2.75) is 25.8 Å². The van der Waals surface area contributed by atoms with Crippen LogP contribution in [0.1, 0.15) is 19.4 Å². The lowest BCUT2D eigenvalue weighted by Gasteiger charge is -2.37. The number of pyridine rings is 1. The van der Waals surface area contributed by atoms with Crippen molar-refractivity contribution >= 4 is 17.4 Å². The average Bonchev–Trinajstić information content (AvgIpc) is 3.24. The Bertz CT molecular complexity index is 899. The van der Waals surface area contributed by atoms with Gasteiger partial charge < -0.3 is 9.42 Å². The molecule has 7 heteroatoms. The van der Waals surface area contributed by atoms with Crippen LogP contribution in [0.15, 0.2) is 47.1 Å². The standard InChI is InChI=1S/C21H24ClN5O/c1-15(2)26-9-11-27(12-10-26)19-8-7-18(14-23-19)20-24-21(28-25-20)17-5-3-16(13-22)4-6-17/h3-8,14-15H,9-13H2,1-2H3. The Kier molecular flexibility index (Phi) is 5.59. The Hall–Kier alpha value is -2.44. The quantitative estimate of drug-likeness (QED) is 0.605. The molecule has 0 atom stereocenters. The van der Waals surface area contributed by atoms with Crippen LogP contribution in [0.2, 0.25) is 0 Å². The van der Waals surface area contributed by atoms with Gasteiger partial charge in [0.05, 0.1) is 0 Å². The molecule has 146 valence electrons. The van der Waals surface area contributed by atoms with Crippen molar-refractivity contribution in [3.8, 4) is 22.8 Å². The van der Waals surface area contributed by atoms with Crippen molar-refractivity contribution in [3.63, 3.8) is 0 Å². The third-order valence-electron chi connectivity index (χ3n) is 5.16. The Labute approximate surface area is 170 Å². The second-order valence-corrected chi connectivity index (χ2v) is 7.54. The normalized spacial score (nSPS) is 15.4. The van der Waals surface area contributed by atoms with Gasteiger partial charge in [-0.2, -0.15) is 4.98 Å². The number of aromatic nitrogens is 3. The van der Waals surface area contributed by atoms with Crippen LogP contribution in [0, 0.1) is 0 Å². The van der Waals surface area contributed by atoms with E-state index in [0.717, 1.165) is 48.7 Å². The highest BCUT2D eigenvalue weighted by Crippen LogP contribution is 2.24. The van der Waals surface area contributed by atoms with Gasteiger partial charge in [-0.15, -0.1) is 11.6 Å². The van der Waals surface area contributed by atoms with Crippen molar-refractivity contribution in [2.24, 2.45) is 0 Å². The van der Waals surface area contributed by atoms with Gasteiger partial charge in [-0.1, -0.05) is 17.3 Å². The Morgan fingerprint density at radius 3 is 2.32 bits per heavy atom. The summed E-state index contributed by atoms with van der Waals surface area (Å²) in [5.41, 5.74) is 2.77. The molecule has 1 aliphatic heterocycles. The Morgan fingerprint density at radius 2 is 1.71 bits per heavy atom. The number of anilines is 1. The van der Waals surface area contributed by atoms with Crippen molar-refractivity contribution in [1.82, 2.24) is 20.0 Å². The zero-order valence-corrected chi connectivity index (χ0v) is 16.9. The van der Waals surface area contributed by atoms with E-state index in [1.807, 2.05) is 42.6 Å². The summed E-state index contributed by atoms with van der Waals surface area (Å²) >= 11 is 5.83. The molecular formula is C21H24ClN5O. The van der Waals surface area contributed by atoms with Crippen LogP contribution in [0.5, 0.6) is 0 Å². The first-order chi connectivity index (χ1) is 13.6. The summed E-state index contributed by atoms with van der Waals surface area (Å²) in [6.45, 7) is 8.61. The fourth-order valence-electron chi connectivity index (χ4n) is 3.37. The molecule has 0 amide bonds. The highest BCUT2D eigenvalue weighted by atomic mass is 35.5. The minimum Gasteiger partial charge on any atom is -0.354 e. The molecule has 3 aromatic rings. The van der Waals surface area contributed by atoms with E-state index in [9.17, 15) is 0 Å². The molecule has 0 radical (unpaired) electrons. The number of alkyl halides is 1. The zero-order valence-electron chi connectivity index (χ0n) is 16.2. The molecule has 0 N–H and O–H groups in total. The van der Waals surface area contributed by atoms with Crippen LogP contribution in [0.3, 0.4) is 0 Å². The van der Waals surface area contributed by atoms with Gasteiger partial charge in [0.15, 0.2) is 0 Å². The minimum atomic E-state index is 0.486. The summed E-state index contributed by atoms with van der Waals surface area (Å²) < 4.78 is 5.42. The third kappa shape index (κ3) is 4.03. The van der Waals surface area contributed by atoms with E-state index in [0.29, 0.717) is 23.6 Å². The summed E-state index contributed by atoms with van der Waals surface area (Å²) in [6, 6.07) is 12.4. The molecule has 6 nitrogen and oxygen atoms in total. The summed E-state index contributed by atoms with van der Waals surface area (Å²) in [7, 11) is 0. The molecule has 1 saturated heterocycles. The molecule has 0 unspecified atom stereocenters. The lowest BCUT2D eigenvalue weighted by atomic mass is 10.1. The SMILES string of the molecule is CC(C)N1CCN(c2ccc(-c3noc(-c4ccc(CCl)cc4)n3)cn2)CC1. The molecule has 1 aromatic carbocycles. The van der Waals surface area contributed by atoms with Crippen LogP contribution in [0.25, 0.3) is 22.8 Å². The Morgan fingerprint density at radius 1 is 1.00 bits per heavy atom. The first kappa shape index (κ1) is 18.9. The Balaban J connectivity index is 1.45. The molecule has 28 heavy (non-hydrogen) atoms. The number of rotatable bonds is 5. The lowest BCUT2D eigenvalue weighted by Crippen LogP contribution is -2.49. The van der Waals surface area contributed by atoms with Crippen molar-refractivity contribution in [2.75, 3.05) is 31.1 Å². The largest absolute Gasteiger partial charge is 0.354 e. The topological polar surface area (TPSA) is 58.3 Å². The number of hydrogen-bond acceptors (Lipinski definition) is 6. The molecule has 1 aliphatic rings. The van der Waals surface area contributed by atoms with Gasteiger partial charge in [-0.05, 0) is 43.7 Å². The van der Waals surface area contributed by atoms with E-state index < -0.39 is 0 Å². The zero-order chi connectivity index (χ0) is 19.5. The van der Waals surface area contributed by atoms with Gasteiger partial charge >= 0.3 is 0 Å². The predicted molar refractivity (Wildman–Crippen MR) is 111 cm³/mol. The number of nitrogens with zero attached hydrogens (tertiary/aromatic N) is 5. The number of benzene rings is 1. The van der Waals surface area contributed by atoms with E-state index in [4.69, 9.17) is 16.1 Å². The van der Waals surface area contributed by atoms with E-state index in [1.54, 1.807) is 0 Å². The highest BCUT2D eigenvalue weighted by molar-refractivity contribution is 6.17. The molecule has 1 fully saturated rings. The number of halogens is 1. The maximum absolute atomic E-state index is 5.83. The summed E-state index contributed by atoms with van der Waals surface area (Å²) in [5, 5.41) is 4.10. The monoisotopic (exact) mass is 397 g/mol. The fourth-order valence-corrected chi connectivity index (χ4v) is 3.55. The van der Waals surface area contributed by atoms with Crippen LogP contribution >= 0.6 is 11.6 Å². The molecule has 3 heterocycles. The summed E-state index contributed by atoms with van der Waals surface area (Å²) in [6.07, 6.45) is 1.81. The second-order valence-electron chi connectivity index (χ2n) is 7.28. The number of piperazine rings is 1. The van der Waals surface area contributed by atoms with Crippen LogP contribution < -0.4 is 4.90 Å². The molecule has 0 aliphatic carbocycles. The van der Waals surface area contributed by atoms with Crippen LogP contribution in [0.4, 0.5) is 5.82 Å². The first-order valence-corrected chi connectivity index (χ1v) is 10.1. The average molecular weight is 398 g/mol. The van der Waals surface area contributed by atoms with Gasteiger partial charge in [-0.3, -0.25) is 4.90 Å². The van der Waals surface area contributed by atoms with Gasteiger partial charge in [0.25, 0.3) is 5.89 Å². The summed E-state index contributed by atoms with van der Waals surface area (Å²) in [5.74, 6) is 2.51. The molecule has 2 aromatic heterocycles. The van der Waals surface area contributed by atoms with Crippen LogP contribution in [-0.2, 0) is 5.88 Å². The van der Waals surface area contributed by atoms with Crippen molar-refractivity contribution in [1.29, 1.82) is 0 Å². The predicted octanol–water partition coefficient (Wildman–Crippen LogP) is 4.07. The van der Waals surface area contributed by atoms with Gasteiger partial charge in [0.1, 0.15) is 5.82 Å². The molecule has 0 bridgehead atoms. The maximum Gasteiger partial charge on any atom is 0.258 e. The second kappa shape index (κ2) is 8.29. The molecular weight excluding hydrogens is 374 g/mol. The maximum atomic E-state index is 5.83. The summed E-state index contributed by atoms with van der Waals surface area (Å²) in [4.78, 5) is 13.9. The lowest BCUT2D eigenvalue weighted by molar-refractivity contribution is 0.209. The van der Waals surface area contributed by atoms with Gasteiger partial charge in [0.2, 0.25) is 5.82 Å². The van der Waals surface area contributed by atoms with Gasteiger partial charge in [0, 0.05) is 55.4 Å². The molecule has 4 rings (SSSR count). The first-order valence-electron chi connectivity index (χ1n) is 9.58. The minimum absolute atomic E-state index is 0.486. The van der Waals surface area contributed by atoms with Crippen molar-refractivity contribution in [3.05, 3.63) is 48.2 Å². The molecule has 0 spiro atoms. The van der Waals surface area contributed by atoms with Crippen molar-refractivity contribution < 1.29 is 4.52 Å². The van der Waals surface area contributed by atoms with E-state index in [-0.39, 0.29) is 0 Å².